The van der Waals surface area contributed by atoms with E-state index in [2.05, 4.69) is 22.5 Å². The Bertz CT molecular complexity index is 646. The normalized spacial score (nSPS) is 19.5. The van der Waals surface area contributed by atoms with E-state index in [0.717, 1.165) is 17.7 Å². The monoisotopic (exact) mass is 404 g/mol. The average Bonchev–Trinajstić information content (AvgIpc) is 2.73. The minimum atomic E-state index is -0.0152. The zero-order chi connectivity index (χ0) is 21.1. The number of amides is 1. The zero-order valence-corrected chi connectivity index (χ0v) is 18.2. The number of carbonyl (C=O) groups excluding carboxylic acids is 1. The summed E-state index contributed by atoms with van der Waals surface area (Å²) < 4.78 is 10.9. The van der Waals surface area contributed by atoms with Gasteiger partial charge in [0.1, 0.15) is 12.3 Å². The minimum absolute atomic E-state index is 0.0152. The third-order valence-corrected chi connectivity index (χ3v) is 5.27. The van der Waals surface area contributed by atoms with Crippen molar-refractivity contribution in [1.82, 2.24) is 15.5 Å². The number of hydrogen-bond donors (Lipinski definition) is 2. The van der Waals surface area contributed by atoms with Crippen LogP contribution in [0.4, 0.5) is 0 Å². The molecule has 2 N–H and O–H groups in total. The average molecular weight is 405 g/mol. The van der Waals surface area contributed by atoms with Crippen molar-refractivity contribution in [3.63, 3.8) is 0 Å². The quantitative estimate of drug-likeness (QED) is 0.376. The molecule has 1 saturated carbocycles. The summed E-state index contributed by atoms with van der Waals surface area (Å²) in [6.45, 7) is 4.13. The fourth-order valence-electron chi connectivity index (χ4n) is 3.30. The van der Waals surface area contributed by atoms with Crippen molar-refractivity contribution in [2.75, 3.05) is 40.9 Å². The molecule has 1 aromatic carbocycles. The molecule has 0 saturated heterocycles. The third-order valence-electron chi connectivity index (χ3n) is 5.27. The van der Waals surface area contributed by atoms with Crippen LogP contribution < -0.4 is 15.4 Å². The summed E-state index contributed by atoms with van der Waals surface area (Å²) in [5, 5.41) is 6.83. The van der Waals surface area contributed by atoms with Crippen LogP contribution in [-0.2, 0) is 16.1 Å². The molecule has 2 unspecified atom stereocenters. The van der Waals surface area contributed by atoms with Crippen LogP contribution in [0.1, 0.15) is 38.2 Å². The topological polar surface area (TPSA) is 75.2 Å². The zero-order valence-electron chi connectivity index (χ0n) is 18.2. The fraction of sp³-hybridized carbons (Fsp3) is 0.636. The number of benzene rings is 1. The number of nitrogens with zero attached hydrogens (tertiary/aromatic N) is 2. The molecule has 1 aromatic rings. The number of likely N-dealkylation sites (N-methyl/N-ethyl adjacent to an activating group) is 1. The number of methoxy groups -OCH3 is 1. The molecule has 0 bridgehead atoms. The summed E-state index contributed by atoms with van der Waals surface area (Å²) in [6, 6.07) is 8.25. The summed E-state index contributed by atoms with van der Waals surface area (Å²) >= 11 is 0. The Morgan fingerprint density at radius 1 is 1.21 bits per heavy atom. The molecular weight excluding hydrogens is 368 g/mol. The van der Waals surface area contributed by atoms with E-state index < -0.39 is 0 Å². The Morgan fingerprint density at radius 3 is 2.59 bits per heavy atom. The summed E-state index contributed by atoms with van der Waals surface area (Å²) in [4.78, 5) is 18.0. The van der Waals surface area contributed by atoms with Gasteiger partial charge in [-0.3, -0.25) is 4.79 Å². The van der Waals surface area contributed by atoms with Gasteiger partial charge in [0, 0.05) is 26.7 Å². The second kappa shape index (κ2) is 12.3. The lowest BCUT2D eigenvalue weighted by molar-refractivity contribution is -0.127. The van der Waals surface area contributed by atoms with E-state index >= 15 is 0 Å². The van der Waals surface area contributed by atoms with E-state index in [9.17, 15) is 4.79 Å². The molecule has 1 aliphatic carbocycles. The van der Waals surface area contributed by atoms with Gasteiger partial charge in [0.25, 0.3) is 0 Å². The van der Waals surface area contributed by atoms with Gasteiger partial charge in [0.2, 0.25) is 5.91 Å². The van der Waals surface area contributed by atoms with Crippen molar-refractivity contribution in [1.29, 1.82) is 0 Å². The Morgan fingerprint density at radius 2 is 1.93 bits per heavy atom. The van der Waals surface area contributed by atoms with Crippen LogP contribution in [-0.4, -0.2) is 63.7 Å². The van der Waals surface area contributed by atoms with Gasteiger partial charge in [-0.1, -0.05) is 31.9 Å². The molecule has 1 aliphatic rings. The number of aliphatic imine (C=N–C) groups is 1. The van der Waals surface area contributed by atoms with Crippen molar-refractivity contribution in [3.8, 4) is 5.75 Å². The first kappa shape index (κ1) is 23.0. The SMILES string of the molecule is COc1ccc(COCCNC(=NCC(=O)N(C)C)NC2CCCCC2C)cc1. The van der Waals surface area contributed by atoms with E-state index in [1.54, 1.807) is 26.1 Å². The second-order valence-corrected chi connectivity index (χ2v) is 7.79. The smallest absolute Gasteiger partial charge is 0.243 e. The third kappa shape index (κ3) is 8.31. The van der Waals surface area contributed by atoms with Gasteiger partial charge < -0.3 is 25.0 Å². The molecular formula is C22H36N4O3. The van der Waals surface area contributed by atoms with Crippen LogP contribution >= 0.6 is 0 Å². The van der Waals surface area contributed by atoms with Gasteiger partial charge in [-0.15, -0.1) is 0 Å². The maximum absolute atomic E-state index is 11.9. The van der Waals surface area contributed by atoms with Crippen LogP contribution in [0.25, 0.3) is 0 Å². The molecule has 0 radical (unpaired) electrons. The summed E-state index contributed by atoms with van der Waals surface area (Å²) in [5.41, 5.74) is 1.10. The standard InChI is InChI=1S/C22H36N4O3/c1-17-7-5-6-8-20(17)25-22(24-15-21(27)26(2)3)23-13-14-29-16-18-9-11-19(28-4)12-10-18/h9-12,17,20H,5-8,13-16H2,1-4H3,(H2,23,24,25). The maximum Gasteiger partial charge on any atom is 0.243 e. The van der Waals surface area contributed by atoms with E-state index in [1.165, 1.54) is 19.3 Å². The van der Waals surface area contributed by atoms with Crippen LogP contribution in [0.3, 0.4) is 0 Å². The predicted molar refractivity (Wildman–Crippen MR) is 116 cm³/mol. The molecule has 1 amide bonds. The van der Waals surface area contributed by atoms with Gasteiger partial charge in [-0.05, 0) is 36.5 Å². The molecule has 7 heteroatoms. The molecule has 0 aromatic heterocycles. The number of guanidine groups is 1. The highest BCUT2D eigenvalue weighted by atomic mass is 16.5. The highest BCUT2D eigenvalue weighted by Gasteiger charge is 2.22. The summed E-state index contributed by atoms with van der Waals surface area (Å²) in [7, 11) is 5.15. The number of nitrogens with one attached hydrogen (secondary N) is 2. The van der Waals surface area contributed by atoms with Gasteiger partial charge >= 0.3 is 0 Å². The largest absolute Gasteiger partial charge is 0.497 e. The predicted octanol–water partition coefficient (Wildman–Crippen LogP) is 2.41. The van der Waals surface area contributed by atoms with Crippen LogP contribution in [0.2, 0.25) is 0 Å². The highest BCUT2D eigenvalue weighted by molar-refractivity contribution is 5.84. The van der Waals surface area contributed by atoms with Crippen molar-refractivity contribution in [3.05, 3.63) is 29.8 Å². The lowest BCUT2D eigenvalue weighted by atomic mass is 9.86. The van der Waals surface area contributed by atoms with Crippen molar-refractivity contribution >= 4 is 11.9 Å². The minimum Gasteiger partial charge on any atom is -0.497 e. The summed E-state index contributed by atoms with van der Waals surface area (Å²) in [5.74, 6) is 2.11. The lowest BCUT2D eigenvalue weighted by Gasteiger charge is -2.31. The van der Waals surface area contributed by atoms with Crippen molar-refractivity contribution < 1.29 is 14.3 Å². The molecule has 0 spiro atoms. The number of rotatable bonds is 9. The first-order chi connectivity index (χ1) is 14.0. The molecule has 29 heavy (non-hydrogen) atoms. The molecule has 2 rings (SSSR count). The maximum atomic E-state index is 11.9. The fourth-order valence-corrected chi connectivity index (χ4v) is 3.30. The summed E-state index contributed by atoms with van der Waals surface area (Å²) in [6.07, 6.45) is 4.89. The van der Waals surface area contributed by atoms with Crippen LogP contribution in [0.15, 0.2) is 29.3 Å². The number of hydrogen-bond acceptors (Lipinski definition) is 4. The molecule has 0 aliphatic heterocycles. The lowest BCUT2D eigenvalue weighted by Crippen LogP contribution is -2.48. The Balaban J connectivity index is 1.80. The molecule has 7 nitrogen and oxygen atoms in total. The molecule has 2 atom stereocenters. The van der Waals surface area contributed by atoms with Gasteiger partial charge in [-0.25, -0.2) is 4.99 Å². The Labute approximate surface area is 174 Å². The van der Waals surface area contributed by atoms with Crippen molar-refractivity contribution in [2.24, 2.45) is 10.9 Å². The first-order valence-electron chi connectivity index (χ1n) is 10.4. The van der Waals surface area contributed by atoms with E-state index in [1.807, 2.05) is 24.3 Å². The Kier molecular flexibility index (Phi) is 9.77. The number of ether oxygens (including phenoxy) is 2. The highest BCUT2D eigenvalue weighted by Crippen LogP contribution is 2.23. The molecule has 1 fully saturated rings. The molecule has 0 heterocycles. The van der Waals surface area contributed by atoms with Gasteiger partial charge in [0.05, 0.1) is 20.3 Å². The van der Waals surface area contributed by atoms with E-state index in [4.69, 9.17) is 9.47 Å². The number of carbonyl (C=O) groups is 1. The van der Waals surface area contributed by atoms with Gasteiger partial charge in [0.15, 0.2) is 5.96 Å². The Hall–Kier alpha value is -2.28. The molecule has 162 valence electrons. The van der Waals surface area contributed by atoms with E-state index in [0.29, 0.717) is 37.7 Å². The van der Waals surface area contributed by atoms with Gasteiger partial charge in [-0.2, -0.15) is 0 Å². The van der Waals surface area contributed by atoms with E-state index in [-0.39, 0.29) is 12.5 Å². The van der Waals surface area contributed by atoms with Crippen LogP contribution in [0, 0.1) is 5.92 Å². The van der Waals surface area contributed by atoms with Crippen molar-refractivity contribution in [2.45, 2.75) is 45.3 Å². The van der Waals surface area contributed by atoms with Crippen LogP contribution in [0.5, 0.6) is 5.75 Å². The first-order valence-corrected chi connectivity index (χ1v) is 10.4. The second-order valence-electron chi connectivity index (χ2n) is 7.79.